The molecule has 2 aromatic rings. The summed E-state index contributed by atoms with van der Waals surface area (Å²) in [7, 11) is 1.64. The van der Waals surface area contributed by atoms with Crippen molar-refractivity contribution in [1.82, 2.24) is 19.9 Å². The Bertz CT molecular complexity index is 646. The summed E-state index contributed by atoms with van der Waals surface area (Å²) in [6, 6.07) is 0. The van der Waals surface area contributed by atoms with Gasteiger partial charge < -0.3 is 9.15 Å². The van der Waals surface area contributed by atoms with Crippen molar-refractivity contribution < 1.29 is 9.15 Å². The van der Waals surface area contributed by atoms with Crippen LogP contribution >= 0.6 is 0 Å². The third-order valence-electron chi connectivity index (χ3n) is 3.89. The molecular formula is C16H22N4O2. The summed E-state index contributed by atoms with van der Waals surface area (Å²) >= 11 is 0. The Labute approximate surface area is 130 Å². The van der Waals surface area contributed by atoms with Crippen LogP contribution in [0.25, 0.3) is 0 Å². The van der Waals surface area contributed by atoms with Crippen LogP contribution in [0, 0.1) is 0 Å². The van der Waals surface area contributed by atoms with Crippen molar-refractivity contribution >= 4 is 0 Å². The molecule has 3 heterocycles. The molecule has 6 nitrogen and oxygen atoms in total. The van der Waals surface area contributed by atoms with Crippen LogP contribution in [0.4, 0.5) is 0 Å². The van der Waals surface area contributed by atoms with E-state index in [1.54, 1.807) is 13.4 Å². The Morgan fingerprint density at radius 2 is 2.09 bits per heavy atom. The molecule has 0 radical (unpaired) electrons. The molecule has 0 saturated heterocycles. The molecule has 118 valence electrons. The highest BCUT2D eigenvalue weighted by Crippen LogP contribution is 2.26. The molecule has 22 heavy (non-hydrogen) atoms. The molecule has 1 aliphatic heterocycles. The molecular weight excluding hydrogens is 280 g/mol. The first kappa shape index (κ1) is 15.0. The number of methoxy groups -OCH3 is 1. The smallest absolute Gasteiger partial charge is 0.220 e. The Kier molecular flexibility index (Phi) is 3.87. The second-order valence-corrected chi connectivity index (χ2v) is 6.64. The maximum Gasteiger partial charge on any atom is 0.220 e. The van der Waals surface area contributed by atoms with Gasteiger partial charge in [-0.3, -0.25) is 4.90 Å². The summed E-state index contributed by atoms with van der Waals surface area (Å²) in [5.41, 5.74) is 2.13. The third-order valence-corrected chi connectivity index (χ3v) is 3.89. The van der Waals surface area contributed by atoms with Gasteiger partial charge in [0.2, 0.25) is 11.8 Å². The molecule has 0 bridgehead atoms. The molecule has 0 spiro atoms. The number of oxazole rings is 1. The van der Waals surface area contributed by atoms with Crippen molar-refractivity contribution in [3.05, 3.63) is 35.4 Å². The minimum atomic E-state index is -0.0171. The van der Waals surface area contributed by atoms with E-state index in [4.69, 9.17) is 9.15 Å². The van der Waals surface area contributed by atoms with Crippen molar-refractivity contribution in [3.63, 3.8) is 0 Å². The normalized spacial score (nSPS) is 15.6. The molecule has 0 fully saturated rings. The van der Waals surface area contributed by atoms with Crippen molar-refractivity contribution in [2.24, 2.45) is 0 Å². The topological polar surface area (TPSA) is 64.3 Å². The van der Waals surface area contributed by atoms with Gasteiger partial charge in [-0.1, -0.05) is 20.8 Å². The molecule has 0 saturated carbocycles. The quantitative estimate of drug-likeness (QED) is 0.867. The number of rotatable bonds is 3. The van der Waals surface area contributed by atoms with Crippen LogP contribution in [0.5, 0.6) is 5.88 Å². The zero-order valence-corrected chi connectivity index (χ0v) is 13.6. The maximum atomic E-state index is 5.88. The van der Waals surface area contributed by atoms with E-state index in [-0.39, 0.29) is 5.41 Å². The summed E-state index contributed by atoms with van der Waals surface area (Å²) < 4.78 is 11.2. The first-order valence-corrected chi connectivity index (χ1v) is 7.51. The fourth-order valence-electron chi connectivity index (χ4n) is 2.60. The van der Waals surface area contributed by atoms with Crippen LogP contribution in [-0.4, -0.2) is 33.5 Å². The summed E-state index contributed by atoms with van der Waals surface area (Å²) in [5.74, 6) is 2.34. The molecule has 0 aromatic carbocycles. The highest BCUT2D eigenvalue weighted by molar-refractivity contribution is 5.31. The summed E-state index contributed by atoms with van der Waals surface area (Å²) in [6.45, 7) is 8.74. The van der Waals surface area contributed by atoms with Gasteiger partial charge in [0.15, 0.2) is 0 Å². The molecule has 0 atom stereocenters. The van der Waals surface area contributed by atoms with Gasteiger partial charge in [0.25, 0.3) is 0 Å². The van der Waals surface area contributed by atoms with Crippen LogP contribution in [0.1, 0.15) is 43.7 Å². The highest BCUT2D eigenvalue weighted by atomic mass is 16.5. The summed E-state index contributed by atoms with van der Waals surface area (Å²) in [5, 5.41) is 0. The minimum Gasteiger partial charge on any atom is -0.481 e. The fraction of sp³-hybridized carbons (Fsp3) is 0.562. The van der Waals surface area contributed by atoms with Crippen molar-refractivity contribution in [3.8, 4) is 5.88 Å². The lowest BCUT2D eigenvalue weighted by atomic mass is 9.94. The number of aromatic nitrogens is 3. The van der Waals surface area contributed by atoms with Crippen molar-refractivity contribution in [1.29, 1.82) is 0 Å². The second-order valence-electron chi connectivity index (χ2n) is 6.64. The Morgan fingerprint density at radius 3 is 2.77 bits per heavy atom. The van der Waals surface area contributed by atoms with E-state index in [0.29, 0.717) is 12.4 Å². The van der Waals surface area contributed by atoms with E-state index in [1.165, 1.54) is 0 Å². The van der Waals surface area contributed by atoms with Gasteiger partial charge in [-0.2, -0.15) is 0 Å². The lowest BCUT2D eigenvalue weighted by molar-refractivity contribution is 0.209. The van der Waals surface area contributed by atoms with Gasteiger partial charge in [-0.15, -0.1) is 0 Å². The van der Waals surface area contributed by atoms with Crippen molar-refractivity contribution in [2.75, 3.05) is 13.7 Å². The lowest BCUT2D eigenvalue weighted by Gasteiger charge is -2.27. The lowest BCUT2D eigenvalue weighted by Crippen LogP contribution is -2.31. The Hall–Kier alpha value is -1.95. The van der Waals surface area contributed by atoms with Gasteiger partial charge in [0.1, 0.15) is 12.1 Å². The molecule has 0 unspecified atom stereocenters. The van der Waals surface area contributed by atoms with E-state index < -0.39 is 0 Å². The average Bonchev–Trinajstić information content (AvgIpc) is 2.95. The minimum absolute atomic E-state index is 0.0171. The van der Waals surface area contributed by atoms with E-state index in [0.717, 1.165) is 42.4 Å². The van der Waals surface area contributed by atoms with Gasteiger partial charge in [-0.25, -0.2) is 15.0 Å². The first-order valence-electron chi connectivity index (χ1n) is 7.51. The van der Waals surface area contributed by atoms with Crippen LogP contribution in [0.3, 0.4) is 0 Å². The van der Waals surface area contributed by atoms with Gasteiger partial charge in [0.05, 0.1) is 25.5 Å². The number of hydrogen-bond acceptors (Lipinski definition) is 6. The van der Waals surface area contributed by atoms with Gasteiger partial charge in [0, 0.05) is 30.5 Å². The molecule has 0 aliphatic carbocycles. The predicted molar refractivity (Wildman–Crippen MR) is 81.6 cm³/mol. The van der Waals surface area contributed by atoms with E-state index >= 15 is 0 Å². The molecule has 0 amide bonds. The number of hydrogen-bond donors (Lipinski definition) is 0. The van der Waals surface area contributed by atoms with Crippen LogP contribution in [0.15, 0.2) is 16.9 Å². The Morgan fingerprint density at radius 1 is 1.27 bits per heavy atom. The first-order chi connectivity index (χ1) is 10.5. The molecule has 0 N–H and O–H groups in total. The average molecular weight is 302 g/mol. The zero-order valence-electron chi connectivity index (χ0n) is 13.6. The van der Waals surface area contributed by atoms with E-state index in [2.05, 4.69) is 40.6 Å². The second kappa shape index (κ2) is 5.68. The largest absolute Gasteiger partial charge is 0.481 e. The van der Waals surface area contributed by atoms with Gasteiger partial charge in [-0.05, 0) is 0 Å². The molecule has 2 aromatic heterocycles. The summed E-state index contributed by atoms with van der Waals surface area (Å²) in [4.78, 5) is 15.2. The standard InChI is InChI=1S/C16H22N4O2/c1-16(2,3)13-7-17-14(22-13)9-20-6-5-12-11(8-20)15(21-4)19-10-18-12/h7,10H,5-6,8-9H2,1-4H3. The molecule has 3 rings (SSSR count). The monoisotopic (exact) mass is 302 g/mol. The Balaban J connectivity index is 1.74. The highest BCUT2D eigenvalue weighted by Gasteiger charge is 2.24. The maximum absolute atomic E-state index is 5.88. The molecule has 6 heteroatoms. The van der Waals surface area contributed by atoms with Crippen LogP contribution < -0.4 is 4.74 Å². The SMILES string of the molecule is COc1ncnc2c1CN(Cc1ncc(C(C)(C)C)o1)CC2. The zero-order chi connectivity index (χ0) is 15.7. The summed E-state index contributed by atoms with van der Waals surface area (Å²) in [6.07, 6.45) is 4.29. The van der Waals surface area contributed by atoms with Gasteiger partial charge >= 0.3 is 0 Å². The van der Waals surface area contributed by atoms with Crippen LogP contribution in [0.2, 0.25) is 0 Å². The van der Waals surface area contributed by atoms with E-state index in [9.17, 15) is 0 Å². The van der Waals surface area contributed by atoms with Crippen LogP contribution in [-0.2, 0) is 24.9 Å². The third kappa shape index (κ3) is 2.97. The number of ether oxygens (including phenoxy) is 1. The number of fused-ring (bicyclic) bond motifs is 1. The number of nitrogens with zero attached hydrogens (tertiary/aromatic N) is 4. The van der Waals surface area contributed by atoms with Crippen molar-refractivity contribution in [2.45, 2.75) is 45.7 Å². The predicted octanol–water partition coefficient (Wildman–Crippen LogP) is 2.33. The van der Waals surface area contributed by atoms with E-state index in [1.807, 2.05) is 6.20 Å². The molecule has 1 aliphatic rings. The fourth-order valence-corrected chi connectivity index (χ4v) is 2.60.